The second kappa shape index (κ2) is 9.02. The molecule has 0 aliphatic heterocycles. The minimum Gasteiger partial charge on any atom is -0.484 e. The monoisotopic (exact) mass is 435 g/mol. The fourth-order valence-corrected chi connectivity index (χ4v) is 3.16. The van der Waals surface area contributed by atoms with Crippen molar-refractivity contribution in [3.8, 4) is 5.75 Å². The van der Waals surface area contributed by atoms with Crippen LogP contribution in [0.3, 0.4) is 0 Å². The molecule has 29 heavy (non-hydrogen) atoms. The summed E-state index contributed by atoms with van der Waals surface area (Å²) in [5.41, 5.74) is 1.40. The third-order valence-electron chi connectivity index (χ3n) is 3.91. The molecule has 150 valence electrons. The molecule has 1 heterocycles. The van der Waals surface area contributed by atoms with Crippen LogP contribution in [0.4, 0.5) is 9.57 Å². The molecule has 0 unspecified atom stereocenters. The van der Waals surface area contributed by atoms with Gasteiger partial charge in [-0.15, -0.1) is 3.89 Å². The molecular formula is C20H17ClFN2O4S+. The molecule has 1 amide bonds. The molecule has 3 aromatic rings. The number of halogens is 2. The average Bonchev–Trinajstić information content (AvgIpc) is 2.68. The number of nitrogens with zero attached hydrogens (tertiary/aromatic N) is 1. The molecule has 1 N–H and O–H groups in total. The fourth-order valence-electron chi connectivity index (χ4n) is 2.52. The SMILES string of the molecule is O=C(COc1cccc(Cl)c1)Nc1cc[n+](Cc2ccc(S(=O)(=O)F)cc2)cc1. The van der Waals surface area contributed by atoms with E-state index >= 15 is 0 Å². The lowest BCUT2D eigenvalue weighted by Gasteiger charge is -2.07. The summed E-state index contributed by atoms with van der Waals surface area (Å²) in [7, 11) is -4.70. The third kappa shape index (κ3) is 6.27. The van der Waals surface area contributed by atoms with Crippen LogP contribution in [0.5, 0.6) is 5.75 Å². The second-order valence-electron chi connectivity index (χ2n) is 6.14. The minimum absolute atomic E-state index is 0.154. The highest BCUT2D eigenvalue weighted by Crippen LogP contribution is 2.17. The molecule has 0 aliphatic rings. The van der Waals surface area contributed by atoms with Crippen molar-refractivity contribution in [2.24, 2.45) is 0 Å². The normalized spacial score (nSPS) is 11.1. The first-order valence-corrected chi connectivity index (χ1v) is 10.3. The Morgan fingerprint density at radius 2 is 1.76 bits per heavy atom. The van der Waals surface area contributed by atoms with E-state index in [2.05, 4.69) is 5.32 Å². The van der Waals surface area contributed by atoms with Gasteiger partial charge in [-0.25, -0.2) is 4.57 Å². The van der Waals surface area contributed by atoms with Crippen LogP contribution in [0, 0.1) is 0 Å². The Hall–Kier alpha value is -2.97. The Morgan fingerprint density at radius 3 is 2.38 bits per heavy atom. The molecule has 0 aliphatic carbocycles. The van der Waals surface area contributed by atoms with E-state index in [0.29, 0.717) is 23.0 Å². The molecule has 1 aromatic heterocycles. The van der Waals surface area contributed by atoms with E-state index in [-0.39, 0.29) is 17.4 Å². The standard InChI is InChI=1S/C20H16ClFN2O4S/c21-16-2-1-3-18(12-16)28-14-20(25)23-17-8-10-24(11-9-17)13-15-4-6-19(7-5-15)29(22,26)27/h1-12H,13-14H2/p+1. The lowest BCUT2D eigenvalue weighted by molar-refractivity contribution is -0.688. The van der Waals surface area contributed by atoms with Crippen LogP contribution in [0.25, 0.3) is 0 Å². The first kappa shape index (κ1) is 20.8. The maximum absolute atomic E-state index is 12.9. The van der Waals surface area contributed by atoms with Gasteiger partial charge >= 0.3 is 10.2 Å². The molecule has 0 fully saturated rings. The van der Waals surface area contributed by atoms with Gasteiger partial charge in [-0.05, 0) is 30.3 Å². The number of aromatic nitrogens is 1. The Balaban J connectivity index is 1.53. The lowest BCUT2D eigenvalue weighted by atomic mass is 10.2. The van der Waals surface area contributed by atoms with Gasteiger partial charge in [-0.1, -0.05) is 29.8 Å². The molecule has 0 atom stereocenters. The van der Waals surface area contributed by atoms with E-state index < -0.39 is 10.2 Å². The van der Waals surface area contributed by atoms with Gasteiger partial charge in [-0.3, -0.25) is 4.79 Å². The van der Waals surface area contributed by atoms with Gasteiger partial charge in [0.1, 0.15) is 5.75 Å². The number of rotatable bonds is 7. The number of hydrogen-bond acceptors (Lipinski definition) is 4. The summed E-state index contributed by atoms with van der Waals surface area (Å²) >= 11 is 5.86. The van der Waals surface area contributed by atoms with E-state index in [4.69, 9.17) is 16.3 Å². The van der Waals surface area contributed by atoms with E-state index in [9.17, 15) is 17.1 Å². The highest BCUT2D eigenvalue weighted by molar-refractivity contribution is 7.86. The van der Waals surface area contributed by atoms with Crippen molar-refractivity contribution in [3.05, 3.63) is 83.6 Å². The van der Waals surface area contributed by atoms with Gasteiger partial charge in [0, 0.05) is 22.7 Å². The maximum Gasteiger partial charge on any atom is 0.332 e. The number of nitrogens with one attached hydrogen (secondary N) is 1. The number of pyridine rings is 1. The highest BCUT2D eigenvalue weighted by Gasteiger charge is 2.12. The molecule has 0 bridgehead atoms. The van der Waals surface area contributed by atoms with Crippen molar-refractivity contribution >= 4 is 33.4 Å². The molecular weight excluding hydrogens is 419 g/mol. The number of carbonyl (C=O) groups excluding carboxylic acids is 1. The molecule has 3 rings (SSSR count). The predicted molar refractivity (Wildman–Crippen MR) is 106 cm³/mol. The molecule has 0 saturated heterocycles. The van der Waals surface area contributed by atoms with Gasteiger partial charge in [0.05, 0.1) is 10.6 Å². The Morgan fingerprint density at radius 1 is 1.07 bits per heavy atom. The molecule has 0 radical (unpaired) electrons. The summed E-state index contributed by atoms with van der Waals surface area (Å²) in [5, 5.41) is 3.25. The zero-order valence-corrected chi connectivity index (χ0v) is 16.7. The number of amides is 1. The van der Waals surface area contributed by atoms with Crippen molar-refractivity contribution in [3.63, 3.8) is 0 Å². The minimum atomic E-state index is -4.70. The molecule has 0 saturated carbocycles. The first-order chi connectivity index (χ1) is 13.8. The number of ether oxygens (including phenoxy) is 1. The van der Waals surface area contributed by atoms with Crippen LogP contribution in [0.15, 0.2) is 78.0 Å². The Kier molecular flexibility index (Phi) is 6.46. The smallest absolute Gasteiger partial charge is 0.332 e. The van der Waals surface area contributed by atoms with E-state index in [1.807, 2.05) is 4.57 Å². The zero-order chi connectivity index (χ0) is 20.9. The van der Waals surface area contributed by atoms with Gasteiger partial charge < -0.3 is 10.1 Å². The van der Waals surface area contributed by atoms with Crippen molar-refractivity contribution in [2.45, 2.75) is 11.4 Å². The van der Waals surface area contributed by atoms with Crippen molar-refractivity contribution in [2.75, 3.05) is 11.9 Å². The number of anilines is 1. The van der Waals surface area contributed by atoms with Crippen LogP contribution in [0.2, 0.25) is 5.02 Å². The van der Waals surface area contributed by atoms with Crippen molar-refractivity contribution < 1.29 is 26.4 Å². The second-order valence-corrected chi connectivity index (χ2v) is 7.92. The zero-order valence-electron chi connectivity index (χ0n) is 15.1. The number of hydrogen-bond donors (Lipinski definition) is 1. The molecule has 6 nitrogen and oxygen atoms in total. The number of benzene rings is 2. The van der Waals surface area contributed by atoms with Crippen LogP contribution < -0.4 is 14.6 Å². The summed E-state index contributed by atoms with van der Waals surface area (Å²) in [6, 6.07) is 15.7. The molecule has 9 heteroatoms. The summed E-state index contributed by atoms with van der Waals surface area (Å²) in [4.78, 5) is 11.6. The number of carbonyl (C=O) groups is 1. The van der Waals surface area contributed by atoms with Gasteiger partial charge in [0.2, 0.25) is 0 Å². The van der Waals surface area contributed by atoms with Crippen LogP contribution >= 0.6 is 11.6 Å². The summed E-state index contributed by atoms with van der Waals surface area (Å²) in [6.45, 7) is 0.303. The maximum atomic E-state index is 12.9. The van der Waals surface area contributed by atoms with E-state index in [0.717, 1.165) is 5.56 Å². The molecule has 2 aromatic carbocycles. The Labute approximate surface area is 172 Å². The van der Waals surface area contributed by atoms with Crippen molar-refractivity contribution in [1.82, 2.24) is 0 Å². The Bertz CT molecular complexity index is 1100. The fraction of sp³-hybridized carbons (Fsp3) is 0.100. The topological polar surface area (TPSA) is 76.3 Å². The summed E-state index contributed by atoms with van der Waals surface area (Å²) in [5.74, 6) is 0.191. The third-order valence-corrected chi connectivity index (χ3v) is 4.98. The quantitative estimate of drug-likeness (QED) is 0.456. The largest absolute Gasteiger partial charge is 0.484 e. The van der Waals surface area contributed by atoms with E-state index in [1.165, 1.54) is 12.1 Å². The van der Waals surface area contributed by atoms with Crippen LogP contribution in [-0.2, 0) is 21.6 Å². The first-order valence-electron chi connectivity index (χ1n) is 8.50. The van der Waals surface area contributed by atoms with Gasteiger partial charge in [-0.2, -0.15) is 8.42 Å². The van der Waals surface area contributed by atoms with Gasteiger partial charge in [0.15, 0.2) is 25.5 Å². The van der Waals surface area contributed by atoms with E-state index in [1.54, 1.807) is 60.9 Å². The molecule has 0 spiro atoms. The van der Waals surface area contributed by atoms with Crippen LogP contribution in [-0.4, -0.2) is 20.9 Å². The average molecular weight is 436 g/mol. The van der Waals surface area contributed by atoms with Crippen LogP contribution in [0.1, 0.15) is 5.56 Å². The summed E-state index contributed by atoms with van der Waals surface area (Å²) < 4.78 is 41.8. The summed E-state index contributed by atoms with van der Waals surface area (Å²) in [6.07, 6.45) is 3.51. The lowest BCUT2D eigenvalue weighted by Crippen LogP contribution is -2.33. The highest BCUT2D eigenvalue weighted by atomic mass is 35.5. The van der Waals surface area contributed by atoms with Crippen molar-refractivity contribution in [1.29, 1.82) is 0 Å². The van der Waals surface area contributed by atoms with Gasteiger partial charge in [0.25, 0.3) is 5.91 Å². The predicted octanol–water partition coefficient (Wildman–Crippen LogP) is 3.35.